The first-order valence-electron chi connectivity index (χ1n) is 2.45. The van der Waals surface area contributed by atoms with Crippen molar-refractivity contribution < 1.29 is 13.7 Å². The van der Waals surface area contributed by atoms with E-state index in [0.29, 0.717) is 12.6 Å². The van der Waals surface area contributed by atoms with Crippen molar-refractivity contribution in [2.75, 3.05) is 0 Å². The van der Waals surface area contributed by atoms with E-state index in [4.69, 9.17) is 0 Å². The van der Waals surface area contributed by atoms with Crippen LogP contribution in [0.4, 0.5) is 13.7 Å². The van der Waals surface area contributed by atoms with E-state index >= 15 is 0 Å². The second kappa shape index (κ2) is 9.97. The minimum Gasteiger partial charge on any atom is -0.336 e. The highest BCUT2D eigenvalue weighted by molar-refractivity contribution is 6.50. The molecule has 0 radical (unpaired) electrons. The third-order valence-corrected chi connectivity index (χ3v) is 0.886. The van der Waals surface area contributed by atoms with E-state index in [1.165, 1.54) is 0 Å². The summed E-state index contributed by atoms with van der Waals surface area (Å²) in [5, 5.41) is 0. The molecule has 0 spiro atoms. The average Bonchev–Trinajstić information content (AvgIpc) is 1.65. The Hall–Kier alpha value is -0.145. The van der Waals surface area contributed by atoms with Gasteiger partial charge in [0.2, 0.25) is 0 Å². The third-order valence-electron chi connectivity index (χ3n) is 0.886. The summed E-state index contributed by atoms with van der Waals surface area (Å²) in [5.41, 5.74) is 0. The summed E-state index contributed by atoms with van der Waals surface area (Å²) in [7, 11) is 0. The fraction of sp³-hybridized carbons (Fsp3) is 1.00. The van der Waals surface area contributed by atoms with Gasteiger partial charge in [-0.1, -0.05) is 13.8 Å². The van der Waals surface area contributed by atoms with Gasteiger partial charge in [-0.05, 0) is 12.6 Å². The van der Waals surface area contributed by atoms with E-state index in [1.807, 2.05) is 13.8 Å². The van der Waals surface area contributed by atoms with Gasteiger partial charge in [-0.25, -0.2) is 0 Å². The van der Waals surface area contributed by atoms with E-state index in [1.54, 1.807) is 0 Å². The summed E-state index contributed by atoms with van der Waals surface area (Å²) in [6.07, 6.45) is 1.33. The lowest BCUT2D eigenvalue weighted by Gasteiger charge is -1.87. The van der Waals surface area contributed by atoms with E-state index in [-0.39, 0.29) is 9.41 Å². The first-order chi connectivity index (χ1) is 2.81. The Bertz CT molecular complexity index is 30.5. The normalized spacial score (nSPS) is 6.38. The van der Waals surface area contributed by atoms with Crippen molar-refractivity contribution in [3.63, 3.8) is 0 Å². The van der Waals surface area contributed by atoms with Gasteiger partial charge in [0.25, 0.3) is 0 Å². The van der Waals surface area contributed by atoms with Crippen LogP contribution in [0.3, 0.4) is 0 Å². The molecule has 4 heteroatoms. The minimum atomic E-state index is -0.565. The van der Waals surface area contributed by atoms with Gasteiger partial charge in [-0.2, -0.15) is 0 Å². The standard InChI is InChI=1S/C4H10BF.2FH/c1-3-5(6)4-2;;/h3-4H2,1-2H3;2*1H. The summed E-state index contributed by atoms with van der Waals surface area (Å²) in [6, 6.07) is 0. The second-order valence-electron chi connectivity index (χ2n) is 1.41. The minimum absolute atomic E-state index is 0. The smallest absolute Gasteiger partial charge is 0.336 e. The monoisotopic (exact) mass is 128 g/mol. The van der Waals surface area contributed by atoms with Gasteiger partial charge < -0.3 is 4.32 Å². The molecular formula is C4H12BF3. The highest BCUT2D eigenvalue weighted by atomic mass is 19.1. The molecule has 0 fully saturated rings. The van der Waals surface area contributed by atoms with Crippen LogP contribution in [0.15, 0.2) is 0 Å². The molecule has 0 saturated heterocycles. The predicted molar refractivity (Wildman–Crippen MR) is 32.8 cm³/mol. The van der Waals surface area contributed by atoms with Crippen molar-refractivity contribution in [3.8, 4) is 0 Å². The van der Waals surface area contributed by atoms with Crippen LogP contribution in [0, 0.1) is 0 Å². The maximum absolute atomic E-state index is 11.9. The first kappa shape index (κ1) is 15.7. The molecule has 0 aromatic carbocycles. The highest BCUT2D eigenvalue weighted by Crippen LogP contribution is 1.96. The molecule has 0 N–H and O–H groups in total. The van der Waals surface area contributed by atoms with Gasteiger partial charge in [0.15, 0.2) is 0 Å². The first-order valence-corrected chi connectivity index (χ1v) is 2.45. The van der Waals surface area contributed by atoms with Crippen LogP contribution in [0.2, 0.25) is 12.6 Å². The van der Waals surface area contributed by atoms with Gasteiger partial charge in [0.05, 0.1) is 0 Å². The van der Waals surface area contributed by atoms with E-state index in [9.17, 15) is 4.32 Å². The van der Waals surface area contributed by atoms with Crippen molar-refractivity contribution >= 4 is 6.99 Å². The van der Waals surface area contributed by atoms with E-state index in [2.05, 4.69) is 0 Å². The molecule has 0 aliphatic carbocycles. The number of hydrogen-bond donors (Lipinski definition) is 0. The van der Waals surface area contributed by atoms with Crippen LogP contribution >= 0.6 is 0 Å². The largest absolute Gasteiger partial charge is 0.347 e. The lowest BCUT2D eigenvalue weighted by Crippen LogP contribution is -1.97. The molecule has 0 aromatic rings. The van der Waals surface area contributed by atoms with Crippen molar-refractivity contribution in [2.45, 2.75) is 26.5 Å². The van der Waals surface area contributed by atoms with Gasteiger partial charge in [0.1, 0.15) is 0 Å². The van der Waals surface area contributed by atoms with Crippen molar-refractivity contribution in [3.05, 3.63) is 0 Å². The quantitative estimate of drug-likeness (QED) is 0.500. The van der Waals surface area contributed by atoms with Gasteiger partial charge in [-0.15, -0.1) is 0 Å². The Labute approximate surface area is 48.3 Å². The van der Waals surface area contributed by atoms with Crippen molar-refractivity contribution in [1.82, 2.24) is 0 Å². The van der Waals surface area contributed by atoms with Crippen molar-refractivity contribution in [2.24, 2.45) is 0 Å². The summed E-state index contributed by atoms with van der Waals surface area (Å²) in [4.78, 5) is 0. The molecule has 0 saturated carbocycles. The molecule has 0 aliphatic rings. The summed E-state index contributed by atoms with van der Waals surface area (Å²) in [6.45, 7) is 3.15. The van der Waals surface area contributed by atoms with Crippen LogP contribution in [-0.4, -0.2) is 6.99 Å². The van der Waals surface area contributed by atoms with Gasteiger partial charge >= 0.3 is 6.99 Å². The molecule has 0 nitrogen and oxygen atoms in total. The summed E-state index contributed by atoms with van der Waals surface area (Å²) < 4.78 is 11.9. The van der Waals surface area contributed by atoms with Gasteiger partial charge in [0, 0.05) is 0 Å². The molecule has 0 aliphatic heterocycles. The Morgan fingerprint density at radius 3 is 1.38 bits per heavy atom. The zero-order valence-corrected chi connectivity index (χ0v) is 5.19. The SMILES string of the molecule is CCB(F)CC.F.F. The summed E-state index contributed by atoms with van der Waals surface area (Å²) >= 11 is 0. The van der Waals surface area contributed by atoms with Crippen molar-refractivity contribution in [1.29, 1.82) is 0 Å². The number of rotatable bonds is 2. The summed E-state index contributed by atoms with van der Waals surface area (Å²) in [5.74, 6) is 0. The Kier molecular flexibility index (Phi) is 19.5. The topological polar surface area (TPSA) is 0 Å². The molecule has 8 heavy (non-hydrogen) atoms. The second-order valence-corrected chi connectivity index (χ2v) is 1.41. The van der Waals surface area contributed by atoms with Gasteiger partial charge in [-0.3, -0.25) is 9.41 Å². The maximum Gasteiger partial charge on any atom is 0.347 e. The number of halogens is 3. The lowest BCUT2D eigenvalue weighted by molar-refractivity contribution is 0.813. The predicted octanol–water partition coefficient (Wildman–Crippen LogP) is 2.29. The Morgan fingerprint density at radius 2 is 1.38 bits per heavy atom. The Morgan fingerprint density at radius 1 is 1.12 bits per heavy atom. The Balaban J connectivity index is -0.000000125. The molecule has 0 aromatic heterocycles. The lowest BCUT2D eigenvalue weighted by atomic mass is 9.66. The zero-order chi connectivity index (χ0) is 4.99. The molecule has 0 bridgehead atoms. The average molecular weight is 128 g/mol. The maximum atomic E-state index is 11.9. The molecule has 0 unspecified atom stereocenters. The van der Waals surface area contributed by atoms with Crippen LogP contribution in [-0.2, 0) is 0 Å². The zero-order valence-electron chi connectivity index (χ0n) is 5.19. The molecule has 0 heterocycles. The van der Waals surface area contributed by atoms with Crippen LogP contribution in [0.25, 0.3) is 0 Å². The number of hydrogen-bond acceptors (Lipinski definition) is 0. The molecule has 0 amide bonds. The third kappa shape index (κ3) is 9.29. The van der Waals surface area contributed by atoms with Crippen LogP contribution < -0.4 is 0 Å². The fourth-order valence-electron chi connectivity index (χ4n) is 0.289. The molecule has 52 valence electrons. The fourth-order valence-corrected chi connectivity index (χ4v) is 0.289. The molecular weight excluding hydrogens is 116 g/mol. The van der Waals surface area contributed by atoms with E-state index in [0.717, 1.165) is 0 Å². The van der Waals surface area contributed by atoms with Crippen LogP contribution in [0.5, 0.6) is 0 Å². The molecule has 0 rings (SSSR count). The molecule has 0 atom stereocenters. The van der Waals surface area contributed by atoms with E-state index < -0.39 is 6.99 Å². The van der Waals surface area contributed by atoms with Crippen LogP contribution in [0.1, 0.15) is 13.8 Å². The highest BCUT2D eigenvalue weighted by Gasteiger charge is 2.03.